The van der Waals surface area contributed by atoms with Gasteiger partial charge in [0.1, 0.15) is 0 Å². The normalized spacial score (nSPS) is 12.3. The van der Waals surface area contributed by atoms with Crippen molar-refractivity contribution in [3.63, 3.8) is 0 Å². The molecule has 0 heterocycles. The molecular formula is C12H14Os. The van der Waals surface area contributed by atoms with E-state index < -0.39 is 0 Å². The van der Waals surface area contributed by atoms with Crippen LogP contribution >= 0.6 is 0 Å². The maximum atomic E-state index is 2.18. The molecule has 0 aliphatic heterocycles. The van der Waals surface area contributed by atoms with Crippen molar-refractivity contribution < 1.29 is 19.8 Å². The van der Waals surface area contributed by atoms with Crippen molar-refractivity contribution in [1.82, 2.24) is 0 Å². The van der Waals surface area contributed by atoms with Crippen LogP contribution in [0, 0.1) is 0 Å². The van der Waals surface area contributed by atoms with E-state index in [2.05, 4.69) is 24.3 Å². The van der Waals surface area contributed by atoms with Crippen molar-refractivity contribution >= 4 is 0 Å². The molecule has 0 nitrogen and oxygen atoms in total. The number of hydrogen-bond acceptors (Lipinski definition) is 0. The molecule has 0 N–H and O–H groups in total. The van der Waals surface area contributed by atoms with Crippen LogP contribution in [-0.4, -0.2) is 0 Å². The fraction of sp³-hybridized carbons (Fsp3) is 0.167. The summed E-state index contributed by atoms with van der Waals surface area (Å²) in [5, 5.41) is 0. The molecule has 0 bridgehead atoms. The minimum atomic E-state index is 0. The predicted molar refractivity (Wildman–Crippen MR) is 54.0 cm³/mol. The summed E-state index contributed by atoms with van der Waals surface area (Å²) in [6, 6.07) is 12.0. The van der Waals surface area contributed by atoms with Crippen molar-refractivity contribution in [3.8, 4) is 0 Å². The summed E-state index contributed by atoms with van der Waals surface area (Å²) in [5.41, 5.74) is 0. The van der Waals surface area contributed by atoms with Gasteiger partial charge in [0.25, 0.3) is 0 Å². The first-order valence-electron chi connectivity index (χ1n) is 4.32. The monoisotopic (exact) mass is 350 g/mol. The van der Waals surface area contributed by atoms with Gasteiger partial charge in [-0.25, -0.2) is 0 Å². The molecule has 0 saturated carbocycles. The summed E-state index contributed by atoms with van der Waals surface area (Å²) in [6.45, 7) is 0. The van der Waals surface area contributed by atoms with Crippen molar-refractivity contribution in [2.75, 3.05) is 0 Å². The van der Waals surface area contributed by atoms with Crippen LogP contribution in [-0.2, 0) is 19.8 Å². The predicted octanol–water partition coefficient (Wildman–Crippen LogP) is 3.58. The van der Waals surface area contributed by atoms with E-state index in [0.29, 0.717) is 0 Å². The van der Waals surface area contributed by atoms with Gasteiger partial charge in [-0.05, 0) is 12.8 Å². The van der Waals surface area contributed by atoms with Crippen LogP contribution in [0.1, 0.15) is 12.8 Å². The molecule has 0 unspecified atom stereocenters. The second-order valence-electron chi connectivity index (χ2n) is 2.59. The standard InChI is InChI=1S/C6H8.C6H6.Os/c2*1-2-4-6-5-3-1;/h1-4H,5-6H2;1-6H;. The Hall–Kier alpha value is -0.664. The van der Waals surface area contributed by atoms with Gasteiger partial charge in [-0.2, -0.15) is 0 Å². The van der Waals surface area contributed by atoms with Gasteiger partial charge in [0.15, 0.2) is 0 Å². The smallest absolute Gasteiger partial charge is 0 e. The molecule has 1 aromatic carbocycles. The molecule has 0 aromatic heterocycles. The molecule has 1 aromatic rings. The third-order valence-corrected chi connectivity index (χ3v) is 1.55. The molecular weight excluding hydrogens is 334 g/mol. The first kappa shape index (κ1) is 12.3. The van der Waals surface area contributed by atoms with Gasteiger partial charge in [0, 0.05) is 19.8 Å². The molecule has 2 rings (SSSR count). The van der Waals surface area contributed by atoms with Crippen LogP contribution in [0.3, 0.4) is 0 Å². The van der Waals surface area contributed by atoms with E-state index in [1.165, 1.54) is 12.8 Å². The Morgan fingerprint density at radius 1 is 0.538 bits per heavy atom. The Morgan fingerprint density at radius 2 is 0.846 bits per heavy atom. The second-order valence-corrected chi connectivity index (χ2v) is 2.59. The zero-order chi connectivity index (χ0) is 8.49. The summed E-state index contributed by atoms with van der Waals surface area (Å²) >= 11 is 0. The third kappa shape index (κ3) is 7.69. The number of allylic oxidation sites excluding steroid dienone is 4. The number of hydrogen-bond donors (Lipinski definition) is 0. The van der Waals surface area contributed by atoms with E-state index in [1.807, 2.05) is 36.4 Å². The minimum Gasteiger partial charge on any atom is -0.0842 e. The van der Waals surface area contributed by atoms with E-state index in [9.17, 15) is 0 Å². The fourth-order valence-corrected chi connectivity index (χ4v) is 0.927. The molecule has 13 heavy (non-hydrogen) atoms. The van der Waals surface area contributed by atoms with Crippen molar-refractivity contribution in [1.29, 1.82) is 0 Å². The van der Waals surface area contributed by atoms with Crippen LogP contribution in [0.15, 0.2) is 60.7 Å². The maximum Gasteiger partial charge on any atom is 0 e. The van der Waals surface area contributed by atoms with Crippen LogP contribution in [0.25, 0.3) is 0 Å². The molecule has 0 amide bonds. The minimum absolute atomic E-state index is 0. The Labute approximate surface area is 93.4 Å². The number of rotatable bonds is 0. The first-order chi connectivity index (χ1) is 6.00. The zero-order valence-electron chi connectivity index (χ0n) is 7.54. The van der Waals surface area contributed by atoms with Crippen LogP contribution in [0.2, 0.25) is 0 Å². The fourth-order valence-electron chi connectivity index (χ4n) is 0.927. The molecule has 70 valence electrons. The van der Waals surface area contributed by atoms with E-state index in [1.54, 1.807) is 0 Å². The van der Waals surface area contributed by atoms with Gasteiger partial charge >= 0.3 is 0 Å². The van der Waals surface area contributed by atoms with E-state index in [4.69, 9.17) is 0 Å². The van der Waals surface area contributed by atoms with Crippen LogP contribution in [0.4, 0.5) is 0 Å². The van der Waals surface area contributed by atoms with Gasteiger partial charge < -0.3 is 0 Å². The second kappa shape index (κ2) is 9.42. The summed E-state index contributed by atoms with van der Waals surface area (Å²) in [4.78, 5) is 0. The topological polar surface area (TPSA) is 0 Å². The Kier molecular flexibility index (Phi) is 8.94. The van der Waals surface area contributed by atoms with E-state index >= 15 is 0 Å². The molecule has 0 atom stereocenters. The molecule has 1 heteroatoms. The quantitative estimate of drug-likeness (QED) is 0.672. The van der Waals surface area contributed by atoms with E-state index in [0.717, 1.165) is 0 Å². The van der Waals surface area contributed by atoms with Crippen LogP contribution < -0.4 is 0 Å². The van der Waals surface area contributed by atoms with E-state index in [-0.39, 0.29) is 19.8 Å². The van der Waals surface area contributed by atoms with Crippen LogP contribution in [0.5, 0.6) is 0 Å². The summed E-state index contributed by atoms with van der Waals surface area (Å²) < 4.78 is 0. The number of benzene rings is 1. The van der Waals surface area contributed by atoms with Crippen molar-refractivity contribution in [2.45, 2.75) is 12.8 Å². The Morgan fingerprint density at radius 3 is 1.00 bits per heavy atom. The van der Waals surface area contributed by atoms with Crippen molar-refractivity contribution in [2.24, 2.45) is 0 Å². The summed E-state index contributed by atoms with van der Waals surface area (Å²) in [7, 11) is 0. The van der Waals surface area contributed by atoms with Gasteiger partial charge in [-0.15, -0.1) is 0 Å². The van der Waals surface area contributed by atoms with Gasteiger partial charge in [-0.3, -0.25) is 0 Å². The Balaban J connectivity index is 0.000000206. The molecule has 0 saturated heterocycles. The molecule has 0 spiro atoms. The summed E-state index contributed by atoms with van der Waals surface area (Å²) in [5.74, 6) is 0. The average molecular weight is 348 g/mol. The maximum absolute atomic E-state index is 2.18. The van der Waals surface area contributed by atoms with Crippen molar-refractivity contribution in [3.05, 3.63) is 60.7 Å². The SMILES string of the molecule is C1=CCCC=C1.[Os].c1ccccc1. The molecule has 0 radical (unpaired) electrons. The van der Waals surface area contributed by atoms with Gasteiger partial charge in [-0.1, -0.05) is 60.7 Å². The largest absolute Gasteiger partial charge is 0.0842 e. The van der Waals surface area contributed by atoms with Gasteiger partial charge in [0.05, 0.1) is 0 Å². The molecule has 1 aliphatic carbocycles. The van der Waals surface area contributed by atoms with Gasteiger partial charge in [0.2, 0.25) is 0 Å². The Bertz CT molecular complexity index is 198. The zero-order valence-corrected chi connectivity index (χ0v) is 10.1. The summed E-state index contributed by atoms with van der Waals surface area (Å²) in [6.07, 6.45) is 11.0. The first-order valence-corrected chi connectivity index (χ1v) is 4.32. The molecule has 1 aliphatic rings. The third-order valence-electron chi connectivity index (χ3n) is 1.55. The average Bonchev–Trinajstić information content (AvgIpc) is 2.24. The molecule has 0 fully saturated rings.